The molecule has 0 aliphatic heterocycles. The first-order valence-corrected chi connectivity index (χ1v) is 6.23. The Morgan fingerprint density at radius 1 is 1.10 bits per heavy atom. The lowest BCUT2D eigenvalue weighted by atomic mass is 10.00. The van der Waals surface area contributed by atoms with Crippen LogP contribution in [0.4, 0.5) is 13.2 Å². The van der Waals surface area contributed by atoms with Gasteiger partial charge in [0.15, 0.2) is 6.10 Å². The normalized spacial score (nSPS) is 13.8. The van der Waals surface area contributed by atoms with E-state index in [2.05, 4.69) is 0 Å². The van der Waals surface area contributed by atoms with Gasteiger partial charge in [0.05, 0.1) is 6.10 Å². The number of aliphatic hydroxyl groups is 1. The van der Waals surface area contributed by atoms with E-state index in [0.717, 1.165) is 0 Å². The minimum atomic E-state index is -4.68. The third-order valence-corrected chi connectivity index (χ3v) is 2.86. The van der Waals surface area contributed by atoms with Crippen LogP contribution in [-0.2, 0) is 0 Å². The molecule has 108 valence electrons. The van der Waals surface area contributed by atoms with Crippen molar-refractivity contribution in [2.45, 2.75) is 32.2 Å². The quantitative estimate of drug-likeness (QED) is 0.914. The average Bonchev–Trinajstić information content (AvgIpc) is 2.35. The van der Waals surface area contributed by atoms with Crippen LogP contribution < -0.4 is 4.74 Å². The van der Waals surface area contributed by atoms with Gasteiger partial charge < -0.3 is 9.84 Å². The molecule has 20 heavy (non-hydrogen) atoms. The van der Waals surface area contributed by atoms with Gasteiger partial charge in [-0.1, -0.05) is 24.3 Å². The molecule has 0 spiro atoms. The van der Waals surface area contributed by atoms with Gasteiger partial charge in [0, 0.05) is 0 Å². The second-order valence-electron chi connectivity index (χ2n) is 4.84. The van der Waals surface area contributed by atoms with Crippen LogP contribution in [0, 0.1) is 0 Å². The van der Waals surface area contributed by atoms with Crippen molar-refractivity contribution >= 4 is 10.8 Å². The molecule has 2 aromatic carbocycles. The van der Waals surface area contributed by atoms with Gasteiger partial charge in [-0.05, 0) is 42.3 Å². The van der Waals surface area contributed by atoms with Crippen molar-refractivity contribution in [1.82, 2.24) is 0 Å². The molecule has 5 heteroatoms. The Morgan fingerprint density at radius 2 is 1.80 bits per heavy atom. The Balaban J connectivity index is 2.49. The third kappa shape index (κ3) is 3.04. The number of alkyl halides is 3. The van der Waals surface area contributed by atoms with Crippen LogP contribution in [-0.4, -0.2) is 17.4 Å². The number of benzene rings is 2. The summed E-state index contributed by atoms with van der Waals surface area (Å²) >= 11 is 0. The van der Waals surface area contributed by atoms with E-state index < -0.39 is 12.3 Å². The topological polar surface area (TPSA) is 29.5 Å². The summed E-state index contributed by atoms with van der Waals surface area (Å²) in [6.07, 6.45) is -7.18. The molecule has 0 bridgehead atoms. The van der Waals surface area contributed by atoms with E-state index >= 15 is 0 Å². The SMILES string of the molecule is CC(C)Oc1ccc2c(C(O)C(F)(F)F)cccc2c1. The molecule has 2 nitrogen and oxygen atoms in total. The zero-order valence-electron chi connectivity index (χ0n) is 11.1. The molecule has 0 heterocycles. The monoisotopic (exact) mass is 284 g/mol. The van der Waals surface area contributed by atoms with Gasteiger partial charge in [0.2, 0.25) is 0 Å². The van der Waals surface area contributed by atoms with Gasteiger partial charge in [-0.2, -0.15) is 13.2 Å². The first-order valence-electron chi connectivity index (χ1n) is 6.23. The van der Waals surface area contributed by atoms with Crippen molar-refractivity contribution in [3.8, 4) is 5.75 Å². The van der Waals surface area contributed by atoms with Crippen molar-refractivity contribution in [1.29, 1.82) is 0 Å². The standard InChI is InChI=1S/C15H15F3O2/c1-9(2)20-11-6-7-12-10(8-11)4-3-5-13(12)14(19)15(16,17)18/h3-9,14,19H,1-2H3. The molecule has 1 N–H and O–H groups in total. The van der Waals surface area contributed by atoms with Crippen molar-refractivity contribution in [2.24, 2.45) is 0 Å². The Hall–Kier alpha value is -1.75. The second-order valence-corrected chi connectivity index (χ2v) is 4.84. The molecular weight excluding hydrogens is 269 g/mol. The van der Waals surface area contributed by atoms with Gasteiger partial charge in [0.1, 0.15) is 5.75 Å². The number of fused-ring (bicyclic) bond motifs is 1. The molecule has 0 aliphatic carbocycles. The Bertz CT molecular complexity index is 606. The smallest absolute Gasteiger partial charge is 0.418 e. The first-order chi connectivity index (χ1) is 9.29. The van der Waals surface area contributed by atoms with Crippen LogP contribution in [0.3, 0.4) is 0 Å². The molecule has 0 saturated carbocycles. The number of hydrogen-bond donors (Lipinski definition) is 1. The molecule has 0 radical (unpaired) electrons. The summed E-state index contributed by atoms with van der Waals surface area (Å²) in [5, 5.41) is 10.4. The third-order valence-electron chi connectivity index (χ3n) is 2.86. The van der Waals surface area contributed by atoms with Gasteiger partial charge in [0.25, 0.3) is 0 Å². The summed E-state index contributed by atoms with van der Waals surface area (Å²) in [6.45, 7) is 3.74. The minimum Gasteiger partial charge on any atom is -0.491 e. The highest BCUT2D eigenvalue weighted by Gasteiger charge is 2.40. The molecular formula is C15H15F3O2. The first kappa shape index (κ1) is 14.7. The van der Waals surface area contributed by atoms with E-state index in [0.29, 0.717) is 16.5 Å². The van der Waals surface area contributed by atoms with Crippen LogP contribution >= 0.6 is 0 Å². The number of rotatable bonds is 3. The minimum absolute atomic E-state index is 0.0172. The van der Waals surface area contributed by atoms with E-state index in [9.17, 15) is 18.3 Å². The molecule has 1 unspecified atom stereocenters. The van der Waals surface area contributed by atoms with E-state index in [-0.39, 0.29) is 11.7 Å². The second kappa shape index (κ2) is 5.32. The highest BCUT2D eigenvalue weighted by Crippen LogP contribution is 2.36. The molecule has 0 saturated heterocycles. The van der Waals surface area contributed by atoms with Crippen LogP contribution in [0.1, 0.15) is 25.5 Å². The van der Waals surface area contributed by atoms with Gasteiger partial charge in [-0.15, -0.1) is 0 Å². The number of aliphatic hydroxyl groups excluding tert-OH is 1. The molecule has 0 aromatic heterocycles. The molecule has 0 amide bonds. The van der Waals surface area contributed by atoms with E-state index in [1.807, 2.05) is 13.8 Å². The number of ether oxygens (including phenoxy) is 1. The molecule has 2 aromatic rings. The lowest BCUT2D eigenvalue weighted by Crippen LogP contribution is -2.20. The fourth-order valence-electron chi connectivity index (χ4n) is 2.05. The molecule has 2 rings (SSSR count). The van der Waals surface area contributed by atoms with Crippen LogP contribution in [0.25, 0.3) is 10.8 Å². The Kier molecular flexibility index (Phi) is 3.90. The summed E-state index contributed by atoms with van der Waals surface area (Å²) in [5.41, 5.74) is -0.147. The van der Waals surface area contributed by atoms with Crippen molar-refractivity contribution in [3.05, 3.63) is 42.0 Å². The van der Waals surface area contributed by atoms with E-state index in [1.54, 1.807) is 18.2 Å². The van der Waals surface area contributed by atoms with Crippen LogP contribution in [0.15, 0.2) is 36.4 Å². The molecule has 1 atom stereocenters. The predicted octanol–water partition coefficient (Wildman–Crippen LogP) is 4.22. The maximum Gasteiger partial charge on any atom is 0.418 e. The summed E-state index contributed by atoms with van der Waals surface area (Å²) in [7, 11) is 0. The van der Waals surface area contributed by atoms with Crippen LogP contribution in [0.2, 0.25) is 0 Å². The lowest BCUT2D eigenvalue weighted by Gasteiger charge is -2.17. The van der Waals surface area contributed by atoms with Crippen molar-refractivity contribution in [3.63, 3.8) is 0 Å². The van der Waals surface area contributed by atoms with Crippen molar-refractivity contribution < 1.29 is 23.0 Å². The molecule has 0 aliphatic rings. The number of hydrogen-bond acceptors (Lipinski definition) is 2. The maximum absolute atomic E-state index is 12.6. The van der Waals surface area contributed by atoms with Gasteiger partial charge in [-0.25, -0.2) is 0 Å². The summed E-state index contributed by atoms with van der Waals surface area (Å²) in [4.78, 5) is 0. The van der Waals surface area contributed by atoms with E-state index in [4.69, 9.17) is 4.74 Å². The van der Waals surface area contributed by atoms with Gasteiger partial charge in [-0.3, -0.25) is 0 Å². The lowest BCUT2D eigenvalue weighted by molar-refractivity contribution is -0.206. The summed E-state index contributed by atoms with van der Waals surface area (Å²) < 4.78 is 43.4. The highest BCUT2D eigenvalue weighted by atomic mass is 19.4. The van der Waals surface area contributed by atoms with Crippen molar-refractivity contribution in [2.75, 3.05) is 0 Å². The fourth-order valence-corrected chi connectivity index (χ4v) is 2.05. The van der Waals surface area contributed by atoms with Crippen LogP contribution in [0.5, 0.6) is 5.75 Å². The average molecular weight is 284 g/mol. The van der Waals surface area contributed by atoms with E-state index in [1.165, 1.54) is 18.2 Å². The number of halogens is 3. The highest BCUT2D eigenvalue weighted by molar-refractivity contribution is 5.87. The fraction of sp³-hybridized carbons (Fsp3) is 0.333. The van der Waals surface area contributed by atoms with Gasteiger partial charge >= 0.3 is 6.18 Å². The largest absolute Gasteiger partial charge is 0.491 e. The Labute approximate surface area is 114 Å². The zero-order valence-corrected chi connectivity index (χ0v) is 11.1. The maximum atomic E-state index is 12.6. The summed E-state index contributed by atoms with van der Waals surface area (Å²) in [5.74, 6) is 0.589. The zero-order chi connectivity index (χ0) is 14.9. The molecule has 0 fully saturated rings. The Morgan fingerprint density at radius 3 is 2.40 bits per heavy atom. The predicted molar refractivity (Wildman–Crippen MR) is 70.7 cm³/mol. The summed E-state index contributed by atoms with van der Waals surface area (Å²) in [6, 6.07) is 9.28.